The zero-order valence-electron chi connectivity index (χ0n) is 11.6. The Labute approximate surface area is 114 Å². The fourth-order valence-electron chi connectivity index (χ4n) is 2.03. The Hall–Kier alpha value is -1.75. The van der Waals surface area contributed by atoms with Gasteiger partial charge in [0, 0.05) is 6.04 Å². The highest BCUT2D eigenvalue weighted by molar-refractivity contribution is 5.35. The van der Waals surface area contributed by atoms with E-state index in [1.54, 1.807) is 11.0 Å². The van der Waals surface area contributed by atoms with Crippen molar-refractivity contribution in [2.75, 3.05) is 6.54 Å². The smallest absolute Gasteiger partial charge is 0.143 e. The largest absolute Gasteiger partial charge is 0.310 e. The Morgan fingerprint density at radius 2 is 2.21 bits per heavy atom. The van der Waals surface area contributed by atoms with E-state index in [0.29, 0.717) is 6.04 Å². The highest BCUT2D eigenvalue weighted by atomic mass is 15.5. The Bertz CT molecular complexity index is 480. The molecular weight excluding hydrogens is 238 g/mol. The summed E-state index contributed by atoms with van der Waals surface area (Å²) in [6, 6.07) is 8.63. The van der Waals surface area contributed by atoms with Gasteiger partial charge in [0.25, 0.3) is 0 Å². The number of nitrogens with one attached hydrogen (secondary N) is 1. The molecule has 0 radical (unpaired) electrons. The van der Waals surface area contributed by atoms with E-state index in [0.717, 1.165) is 12.2 Å². The molecule has 19 heavy (non-hydrogen) atoms. The predicted octanol–water partition coefficient (Wildman–Crippen LogP) is 2.50. The topological polar surface area (TPSA) is 55.6 Å². The molecule has 1 aromatic carbocycles. The summed E-state index contributed by atoms with van der Waals surface area (Å²) in [5.41, 5.74) is 2.24. The molecule has 0 fully saturated rings. The van der Waals surface area contributed by atoms with Crippen molar-refractivity contribution in [1.82, 2.24) is 25.5 Å². The van der Waals surface area contributed by atoms with Gasteiger partial charge in [-0.1, -0.05) is 31.9 Å². The third-order valence-electron chi connectivity index (χ3n) is 3.21. The van der Waals surface area contributed by atoms with Crippen LogP contribution in [0.2, 0.25) is 0 Å². The molecule has 2 aromatic rings. The number of hydrogen-bond donors (Lipinski definition) is 1. The van der Waals surface area contributed by atoms with Crippen LogP contribution in [0.15, 0.2) is 30.6 Å². The minimum Gasteiger partial charge on any atom is -0.310 e. The molecule has 0 bridgehead atoms. The van der Waals surface area contributed by atoms with E-state index in [-0.39, 0.29) is 0 Å². The second-order valence-corrected chi connectivity index (χ2v) is 4.73. The molecule has 1 N–H and O–H groups in total. The highest BCUT2D eigenvalue weighted by Crippen LogP contribution is 2.16. The number of unbranched alkanes of at least 4 members (excludes halogenated alkanes) is 2. The average molecular weight is 259 g/mol. The molecule has 102 valence electrons. The maximum atomic E-state index is 3.91. The third kappa shape index (κ3) is 3.86. The average Bonchev–Trinajstić information content (AvgIpc) is 2.98. The Balaban J connectivity index is 1.98. The molecule has 1 aromatic heterocycles. The van der Waals surface area contributed by atoms with Crippen LogP contribution in [0.1, 0.15) is 44.7 Å². The van der Waals surface area contributed by atoms with Crippen LogP contribution >= 0.6 is 0 Å². The van der Waals surface area contributed by atoms with Crippen molar-refractivity contribution in [1.29, 1.82) is 0 Å². The lowest BCUT2D eigenvalue weighted by atomic mass is 10.1. The van der Waals surface area contributed by atoms with Crippen LogP contribution in [0, 0.1) is 0 Å². The summed E-state index contributed by atoms with van der Waals surface area (Å²) in [5.74, 6) is 0. The van der Waals surface area contributed by atoms with Crippen molar-refractivity contribution in [2.24, 2.45) is 0 Å². The van der Waals surface area contributed by atoms with Crippen LogP contribution in [0.25, 0.3) is 5.69 Å². The lowest BCUT2D eigenvalue weighted by Gasteiger charge is -2.15. The minimum absolute atomic E-state index is 0.341. The van der Waals surface area contributed by atoms with Crippen LogP contribution in [-0.4, -0.2) is 26.8 Å². The Morgan fingerprint density at radius 1 is 1.32 bits per heavy atom. The SMILES string of the molecule is CCCCCNC(C)c1cccc(-n2cnnn2)c1. The molecule has 0 saturated carbocycles. The molecule has 5 heteroatoms. The maximum absolute atomic E-state index is 3.91. The second-order valence-electron chi connectivity index (χ2n) is 4.73. The van der Waals surface area contributed by atoms with E-state index in [9.17, 15) is 0 Å². The molecule has 1 heterocycles. The van der Waals surface area contributed by atoms with Gasteiger partial charge in [0.15, 0.2) is 0 Å². The summed E-state index contributed by atoms with van der Waals surface area (Å²) in [4.78, 5) is 0. The molecule has 0 amide bonds. The minimum atomic E-state index is 0.341. The van der Waals surface area contributed by atoms with Crippen molar-refractivity contribution in [3.05, 3.63) is 36.2 Å². The number of aromatic nitrogens is 4. The molecule has 5 nitrogen and oxygen atoms in total. The number of tetrazole rings is 1. The normalized spacial score (nSPS) is 12.5. The van der Waals surface area contributed by atoms with Crippen LogP contribution < -0.4 is 5.32 Å². The molecule has 1 atom stereocenters. The van der Waals surface area contributed by atoms with E-state index in [2.05, 4.69) is 46.8 Å². The second kappa shape index (κ2) is 6.99. The van der Waals surface area contributed by atoms with Crippen molar-refractivity contribution < 1.29 is 0 Å². The van der Waals surface area contributed by atoms with Crippen LogP contribution in [0.3, 0.4) is 0 Å². The van der Waals surface area contributed by atoms with E-state index in [1.807, 2.05) is 12.1 Å². The van der Waals surface area contributed by atoms with Crippen molar-refractivity contribution in [3.8, 4) is 5.69 Å². The van der Waals surface area contributed by atoms with E-state index >= 15 is 0 Å². The van der Waals surface area contributed by atoms with Crippen LogP contribution in [0.5, 0.6) is 0 Å². The number of nitrogens with zero attached hydrogens (tertiary/aromatic N) is 4. The summed E-state index contributed by atoms with van der Waals surface area (Å²) in [6.45, 7) is 5.47. The first kappa shape index (κ1) is 13.7. The number of rotatable bonds is 7. The Kier molecular flexibility index (Phi) is 5.03. The van der Waals surface area contributed by atoms with Gasteiger partial charge in [-0.3, -0.25) is 0 Å². The zero-order chi connectivity index (χ0) is 13.5. The quantitative estimate of drug-likeness (QED) is 0.776. The van der Waals surface area contributed by atoms with Crippen LogP contribution in [-0.2, 0) is 0 Å². The monoisotopic (exact) mass is 259 g/mol. The van der Waals surface area contributed by atoms with E-state index in [4.69, 9.17) is 0 Å². The molecule has 2 rings (SSSR count). The lowest BCUT2D eigenvalue weighted by Crippen LogP contribution is -2.20. The van der Waals surface area contributed by atoms with Gasteiger partial charge in [0.2, 0.25) is 0 Å². The van der Waals surface area contributed by atoms with Crippen LogP contribution in [0.4, 0.5) is 0 Å². The highest BCUT2D eigenvalue weighted by Gasteiger charge is 2.06. The summed E-state index contributed by atoms with van der Waals surface area (Å²) in [5, 5.41) is 14.8. The van der Waals surface area contributed by atoms with Gasteiger partial charge in [0.05, 0.1) is 5.69 Å². The van der Waals surface area contributed by atoms with Gasteiger partial charge < -0.3 is 5.32 Å². The molecule has 0 aliphatic heterocycles. The van der Waals surface area contributed by atoms with Gasteiger partial charge in [0.1, 0.15) is 6.33 Å². The number of benzene rings is 1. The first-order valence-electron chi connectivity index (χ1n) is 6.88. The molecule has 0 saturated heterocycles. The lowest BCUT2D eigenvalue weighted by molar-refractivity contribution is 0.543. The first-order valence-corrected chi connectivity index (χ1v) is 6.88. The standard InChI is InChI=1S/C14H21N5/c1-3-4-5-9-15-12(2)13-7-6-8-14(10-13)19-11-16-17-18-19/h6-8,10-12,15H,3-5,9H2,1-2H3. The first-order chi connectivity index (χ1) is 9.31. The maximum Gasteiger partial charge on any atom is 0.143 e. The van der Waals surface area contributed by atoms with Crippen molar-refractivity contribution in [3.63, 3.8) is 0 Å². The summed E-state index contributed by atoms with van der Waals surface area (Å²) in [6.07, 6.45) is 5.38. The van der Waals surface area contributed by atoms with Gasteiger partial charge in [-0.25, -0.2) is 4.68 Å². The molecule has 0 spiro atoms. The zero-order valence-corrected chi connectivity index (χ0v) is 11.6. The predicted molar refractivity (Wildman–Crippen MR) is 75.1 cm³/mol. The van der Waals surface area contributed by atoms with Crippen molar-refractivity contribution >= 4 is 0 Å². The summed E-state index contributed by atoms with van der Waals surface area (Å²) < 4.78 is 1.67. The van der Waals surface area contributed by atoms with Gasteiger partial charge in [-0.15, -0.1) is 5.10 Å². The van der Waals surface area contributed by atoms with E-state index in [1.165, 1.54) is 24.8 Å². The fourth-order valence-corrected chi connectivity index (χ4v) is 2.03. The third-order valence-corrected chi connectivity index (χ3v) is 3.21. The fraction of sp³-hybridized carbons (Fsp3) is 0.500. The molecule has 1 unspecified atom stereocenters. The molecular formula is C14H21N5. The van der Waals surface area contributed by atoms with Gasteiger partial charge in [-0.05, 0) is 48.0 Å². The van der Waals surface area contributed by atoms with Crippen molar-refractivity contribution in [2.45, 2.75) is 39.2 Å². The van der Waals surface area contributed by atoms with Gasteiger partial charge in [-0.2, -0.15) is 0 Å². The van der Waals surface area contributed by atoms with Gasteiger partial charge >= 0.3 is 0 Å². The number of hydrogen-bond acceptors (Lipinski definition) is 4. The molecule has 0 aliphatic carbocycles. The molecule has 0 aliphatic rings. The summed E-state index contributed by atoms with van der Waals surface area (Å²) in [7, 11) is 0. The Morgan fingerprint density at radius 3 is 2.95 bits per heavy atom. The van der Waals surface area contributed by atoms with E-state index < -0.39 is 0 Å². The summed E-state index contributed by atoms with van der Waals surface area (Å²) >= 11 is 0.